The minimum absolute atomic E-state index is 0.300. The van der Waals surface area contributed by atoms with E-state index in [1.54, 1.807) is 36.7 Å². The van der Waals surface area contributed by atoms with E-state index in [0.29, 0.717) is 34.5 Å². The number of nitrogens with two attached hydrogens (primary N) is 1. The van der Waals surface area contributed by atoms with Crippen LogP contribution >= 0.6 is 11.6 Å². The van der Waals surface area contributed by atoms with Crippen LogP contribution in [0.25, 0.3) is 28.2 Å². The number of imidazole rings is 1. The van der Waals surface area contributed by atoms with Gasteiger partial charge in [-0.3, -0.25) is 4.57 Å². The van der Waals surface area contributed by atoms with Crippen molar-refractivity contribution in [2.75, 3.05) is 11.1 Å². The Bertz CT molecular complexity index is 1460. The Morgan fingerprint density at radius 3 is 2.44 bits per heavy atom. The van der Waals surface area contributed by atoms with Crippen LogP contribution in [0, 0.1) is 0 Å². The van der Waals surface area contributed by atoms with E-state index in [4.69, 9.17) is 22.3 Å². The first-order valence-electron chi connectivity index (χ1n) is 10.5. The lowest BCUT2D eigenvalue weighted by Crippen LogP contribution is -2.28. The van der Waals surface area contributed by atoms with Gasteiger partial charge in [0.1, 0.15) is 11.3 Å². The number of carbonyl (C=O) groups is 1. The summed E-state index contributed by atoms with van der Waals surface area (Å²) in [6.07, 6.45) is 3.38. The van der Waals surface area contributed by atoms with E-state index >= 15 is 0 Å². The number of carbonyl (C=O) groups excluding carboxylic acids is 1. The summed E-state index contributed by atoms with van der Waals surface area (Å²) in [6.45, 7) is 0.366. The number of aromatic nitrogens is 4. The molecule has 0 aliphatic carbocycles. The summed E-state index contributed by atoms with van der Waals surface area (Å²) in [7, 11) is 0. The Hall–Kier alpha value is -4.43. The molecule has 0 atom stereocenters. The third-order valence-electron chi connectivity index (χ3n) is 5.25. The van der Waals surface area contributed by atoms with Crippen LogP contribution in [0.5, 0.6) is 0 Å². The molecule has 8 nitrogen and oxygen atoms in total. The van der Waals surface area contributed by atoms with Crippen molar-refractivity contribution in [3.8, 4) is 17.1 Å². The van der Waals surface area contributed by atoms with Crippen molar-refractivity contribution in [2.24, 2.45) is 0 Å². The molecule has 5 aromatic rings. The van der Waals surface area contributed by atoms with Crippen LogP contribution in [-0.4, -0.2) is 25.6 Å². The third-order valence-corrected chi connectivity index (χ3v) is 5.50. The van der Waals surface area contributed by atoms with Gasteiger partial charge in [0.15, 0.2) is 11.5 Å². The number of fused-ring (bicyclic) bond motifs is 1. The molecule has 0 bridgehead atoms. The zero-order chi connectivity index (χ0) is 23.5. The minimum Gasteiger partial charge on any atom is -0.383 e. The fourth-order valence-electron chi connectivity index (χ4n) is 3.60. The van der Waals surface area contributed by atoms with Crippen LogP contribution in [0.2, 0.25) is 5.02 Å². The Labute approximate surface area is 200 Å². The van der Waals surface area contributed by atoms with Gasteiger partial charge in [0.25, 0.3) is 0 Å². The largest absolute Gasteiger partial charge is 0.383 e. The lowest BCUT2D eigenvalue weighted by molar-refractivity contribution is 0.251. The number of rotatable bonds is 5. The summed E-state index contributed by atoms with van der Waals surface area (Å²) in [5.74, 6) is 1.05. The zero-order valence-electron chi connectivity index (χ0n) is 17.9. The van der Waals surface area contributed by atoms with Gasteiger partial charge in [0, 0.05) is 35.3 Å². The van der Waals surface area contributed by atoms with E-state index in [9.17, 15) is 4.79 Å². The van der Waals surface area contributed by atoms with Gasteiger partial charge >= 0.3 is 6.03 Å². The molecule has 0 saturated carbocycles. The number of hydrogen-bond donors (Lipinski definition) is 3. The van der Waals surface area contributed by atoms with Crippen LogP contribution in [0.1, 0.15) is 5.56 Å². The predicted octanol–water partition coefficient (Wildman–Crippen LogP) is 5.04. The molecule has 0 radical (unpaired) electrons. The van der Waals surface area contributed by atoms with E-state index in [1.165, 1.54) is 0 Å². The van der Waals surface area contributed by atoms with Gasteiger partial charge in [-0.25, -0.2) is 19.7 Å². The highest BCUT2D eigenvalue weighted by molar-refractivity contribution is 6.30. The highest BCUT2D eigenvalue weighted by Crippen LogP contribution is 2.30. The highest BCUT2D eigenvalue weighted by atomic mass is 35.5. The van der Waals surface area contributed by atoms with E-state index < -0.39 is 0 Å². The molecule has 34 heavy (non-hydrogen) atoms. The van der Waals surface area contributed by atoms with Gasteiger partial charge < -0.3 is 16.4 Å². The molecule has 168 valence electrons. The molecule has 0 aliphatic rings. The SMILES string of the molecule is Nc1ncccc1-c1nc2cccnc2n1-c1ccc(CNC(=O)Nc2ccc(Cl)cc2)cc1. The maximum atomic E-state index is 12.2. The van der Waals surface area contributed by atoms with Crippen LogP contribution in [-0.2, 0) is 6.54 Å². The van der Waals surface area contributed by atoms with Gasteiger partial charge in [-0.1, -0.05) is 23.7 Å². The summed E-state index contributed by atoms with van der Waals surface area (Å²) in [4.78, 5) is 25.7. The summed E-state index contributed by atoms with van der Waals surface area (Å²) < 4.78 is 1.95. The number of amides is 2. The highest BCUT2D eigenvalue weighted by Gasteiger charge is 2.17. The second kappa shape index (κ2) is 9.21. The molecular formula is C25H20ClN7O. The molecule has 9 heteroatoms. The molecular weight excluding hydrogens is 450 g/mol. The monoisotopic (exact) mass is 469 g/mol. The summed E-state index contributed by atoms with van der Waals surface area (Å²) in [6, 6.07) is 21.9. The fourth-order valence-corrected chi connectivity index (χ4v) is 3.72. The van der Waals surface area contributed by atoms with Crippen molar-refractivity contribution >= 4 is 40.3 Å². The van der Waals surface area contributed by atoms with Crippen LogP contribution in [0.15, 0.2) is 85.2 Å². The minimum atomic E-state index is -0.300. The Kier molecular flexibility index (Phi) is 5.80. The van der Waals surface area contributed by atoms with Crippen molar-refractivity contribution in [3.63, 3.8) is 0 Å². The van der Waals surface area contributed by atoms with Crippen molar-refractivity contribution in [1.82, 2.24) is 24.8 Å². The zero-order valence-corrected chi connectivity index (χ0v) is 18.7. The second-order valence-corrected chi connectivity index (χ2v) is 7.97. The topological polar surface area (TPSA) is 111 Å². The molecule has 4 N–H and O–H groups in total. The predicted molar refractivity (Wildman–Crippen MR) is 134 cm³/mol. The summed E-state index contributed by atoms with van der Waals surface area (Å²) >= 11 is 5.88. The van der Waals surface area contributed by atoms with Gasteiger partial charge in [0.05, 0.1) is 5.56 Å². The second-order valence-electron chi connectivity index (χ2n) is 7.53. The first kappa shape index (κ1) is 21.4. The molecule has 2 aromatic carbocycles. The number of nitrogen functional groups attached to an aromatic ring is 1. The van der Waals surface area contributed by atoms with Crippen LogP contribution < -0.4 is 16.4 Å². The van der Waals surface area contributed by atoms with Gasteiger partial charge in [-0.15, -0.1) is 0 Å². The van der Waals surface area contributed by atoms with Crippen LogP contribution in [0.4, 0.5) is 16.3 Å². The Balaban J connectivity index is 1.38. The molecule has 5 rings (SSSR count). The summed E-state index contributed by atoms with van der Waals surface area (Å²) in [5.41, 5.74) is 10.8. The Morgan fingerprint density at radius 1 is 0.941 bits per heavy atom. The maximum Gasteiger partial charge on any atom is 0.319 e. The normalized spacial score (nSPS) is 10.9. The maximum absolute atomic E-state index is 12.2. The average molecular weight is 470 g/mol. The lowest BCUT2D eigenvalue weighted by Gasteiger charge is -2.11. The lowest BCUT2D eigenvalue weighted by atomic mass is 10.2. The molecule has 0 aliphatic heterocycles. The first-order chi connectivity index (χ1) is 16.6. The number of halogens is 1. The van der Waals surface area contributed by atoms with E-state index in [2.05, 4.69) is 20.6 Å². The molecule has 3 heterocycles. The molecule has 0 unspecified atom stereocenters. The van der Waals surface area contributed by atoms with Gasteiger partial charge in [-0.2, -0.15) is 0 Å². The van der Waals surface area contributed by atoms with E-state index in [1.807, 2.05) is 53.1 Å². The van der Waals surface area contributed by atoms with Crippen molar-refractivity contribution < 1.29 is 4.79 Å². The number of hydrogen-bond acceptors (Lipinski definition) is 5. The van der Waals surface area contributed by atoms with Crippen molar-refractivity contribution in [2.45, 2.75) is 6.54 Å². The quantitative estimate of drug-likeness (QED) is 0.334. The molecule has 2 amide bonds. The van der Waals surface area contributed by atoms with Gasteiger partial charge in [0.2, 0.25) is 0 Å². The number of nitrogens with zero attached hydrogens (tertiary/aromatic N) is 4. The Morgan fingerprint density at radius 2 is 1.68 bits per heavy atom. The first-order valence-corrected chi connectivity index (χ1v) is 10.9. The molecule has 0 saturated heterocycles. The number of anilines is 2. The van der Waals surface area contributed by atoms with Crippen molar-refractivity contribution in [3.05, 3.63) is 95.8 Å². The number of benzene rings is 2. The number of nitrogens with one attached hydrogen (secondary N) is 2. The summed E-state index contributed by atoms with van der Waals surface area (Å²) in [5, 5.41) is 6.24. The average Bonchev–Trinajstić information content (AvgIpc) is 3.24. The molecule has 3 aromatic heterocycles. The van der Waals surface area contributed by atoms with E-state index in [0.717, 1.165) is 22.3 Å². The number of pyridine rings is 2. The number of urea groups is 1. The van der Waals surface area contributed by atoms with E-state index in [-0.39, 0.29) is 6.03 Å². The third kappa shape index (κ3) is 4.39. The fraction of sp³-hybridized carbons (Fsp3) is 0.0400. The standard InChI is InChI=1S/C25H20ClN7O/c26-17-7-9-18(10-8-17)31-25(34)30-15-16-5-11-19(12-6-16)33-23(20-3-1-13-28-22(20)27)32-21-4-2-14-29-24(21)33/h1-14H,15H2,(H2,27,28)(H2,30,31,34). The van der Waals surface area contributed by atoms with Crippen LogP contribution in [0.3, 0.4) is 0 Å². The van der Waals surface area contributed by atoms with Gasteiger partial charge in [-0.05, 0) is 66.2 Å². The molecule has 0 fully saturated rings. The molecule has 0 spiro atoms. The smallest absolute Gasteiger partial charge is 0.319 e. The van der Waals surface area contributed by atoms with Crippen molar-refractivity contribution in [1.29, 1.82) is 0 Å².